The minimum Gasteiger partial charge on any atom is -0.334 e. The lowest BCUT2D eigenvalue weighted by molar-refractivity contribution is -0.133. The summed E-state index contributed by atoms with van der Waals surface area (Å²) in [5.41, 5.74) is 5.16. The molecule has 4 rings (SSSR count). The van der Waals surface area contributed by atoms with Crippen molar-refractivity contribution in [2.75, 3.05) is 0 Å². The number of pyridine rings is 2. The lowest BCUT2D eigenvalue weighted by Gasteiger charge is -2.23. The van der Waals surface area contributed by atoms with Crippen molar-refractivity contribution >= 4 is 28.4 Å². The van der Waals surface area contributed by atoms with Crippen molar-refractivity contribution in [2.45, 2.75) is 39.8 Å². The maximum Gasteiger partial charge on any atom is 0.226 e. The van der Waals surface area contributed by atoms with Gasteiger partial charge in [-0.05, 0) is 55.5 Å². The first-order chi connectivity index (χ1) is 13.0. The Morgan fingerprint density at radius 2 is 2.04 bits per heavy atom. The summed E-state index contributed by atoms with van der Waals surface area (Å²) in [4.78, 5) is 23.5. The van der Waals surface area contributed by atoms with Crippen LogP contribution in [0.3, 0.4) is 0 Å². The number of nitrogens with zero attached hydrogens (tertiary/aromatic N) is 3. The smallest absolute Gasteiger partial charge is 0.226 e. The summed E-state index contributed by atoms with van der Waals surface area (Å²) in [7, 11) is 0. The highest BCUT2D eigenvalue weighted by atomic mass is 35.5. The zero-order chi connectivity index (χ0) is 19.0. The molecule has 0 spiro atoms. The molecular formula is C22H22ClN3O. The number of halogens is 1. The lowest BCUT2D eigenvalue weighted by Crippen LogP contribution is -2.31. The normalized spacial score (nSPS) is 13.7. The molecular weight excluding hydrogens is 358 g/mol. The molecule has 1 fully saturated rings. The van der Waals surface area contributed by atoms with E-state index in [4.69, 9.17) is 11.6 Å². The number of carbonyl (C=O) groups excluding carboxylic acids is 1. The average molecular weight is 380 g/mol. The van der Waals surface area contributed by atoms with Crippen LogP contribution in [0.2, 0.25) is 5.15 Å². The molecule has 2 heterocycles. The predicted molar refractivity (Wildman–Crippen MR) is 107 cm³/mol. The maximum absolute atomic E-state index is 12.8. The van der Waals surface area contributed by atoms with Gasteiger partial charge in [0.15, 0.2) is 0 Å². The van der Waals surface area contributed by atoms with E-state index in [9.17, 15) is 4.79 Å². The molecule has 0 unspecified atom stereocenters. The molecule has 1 saturated carbocycles. The van der Waals surface area contributed by atoms with E-state index in [-0.39, 0.29) is 11.8 Å². The van der Waals surface area contributed by atoms with Gasteiger partial charge in [-0.2, -0.15) is 0 Å². The summed E-state index contributed by atoms with van der Waals surface area (Å²) in [6.45, 7) is 5.12. The molecule has 4 nitrogen and oxygen atoms in total. The molecule has 0 bridgehead atoms. The third-order valence-electron chi connectivity index (χ3n) is 5.23. The van der Waals surface area contributed by atoms with Gasteiger partial charge in [-0.3, -0.25) is 9.78 Å². The van der Waals surface area contributed by atoms with Crippen LogP contribution in [0.25, 0.3) is 10.9 Å². The molecule has 0 saturated heterocycles. The zero-order valence-corrected chi connectivity index (χ0v) is 16.3. The topological polar surface area (TPSA) is 46.1 Å². The van der Waals surface area contributed by atoms with Crippen LogP contribution >= 0.6 is 11.6 Å². The molecule has 1 aromatic carbocycles. The summed E-state index contributed by atoms with van der Waals surface area (Å²) in [5, 5.41) is 1.52. The molecule has 27 heavy (non-hydrogen) atoms. The number of hydrogen-bond donors (Lipinski definition) is 0. The monoisotopic (exact) mass is 379 g/mol. The van der Waals surface area contributed by atoms with Crippen molar-refractivity contribution in [2.24, 2.45) is 5.92 Å². The predicted octanol–water partition coefficient (Wildman–Crippen LogP) is 4.84. The molecule has 1 aliphatic carbocycles. The highest BCUT2D eigenvalue weighted by Gasteiger charge is 2.33. The molecule has 5 heteroatoms. The van der Waals surface area contributed by atoms with E-state index >= 15 is 0 Å². The fourth-order valence-electron chi connectivity index (χ4n) is 3.33. The van der Waals surface area contributed by atoms with Crippen molar-refractivity contribution in [3.05, 3.63) is 70.1 Å². The molecule has 2 aromatic heterocycles. The average Bonchev–Trinajstić information content (AvgIpc) is 3.51. The fraction of sp³-hybridized carbons (Fsp3) is 0.318. The first-order valence-corrected chi connectivity index (χ1v) is 9.64. The number of carbonyl (C=O) groups is 1. The second-order valence-corrected chi connectivity index (χ2v) is 7.71. The molecule has 0 radical (unpaired) electrons. The quantitative estimate of drug-likeness (QED) is 0.596. The third-order valence-corrected chi connectivity index (χ3v) is 5.56. The summed E-state index contributed by atoms with van der Waals surface area (Å²) >= 11 is 6.51. The minimum absolute atomic E-state index is 0.152. The van der Waals surface area contributed by atoms with Crippen LogP contribution in [0, 0.1) is 19.8 Å². The molecule has 3 aromatic rings. The van der Waals surface area contributed by atoms with Crippen molar-refractivity contribution in [1.29, 1.82) is 0 Å². The Kier molecular flexibility index (Phi) is 4.83. The second kappa shape index (κ2) is 7.28. The van der Waals surface area contributed by atoms with Gasteiger partial charge < -0.3 is 4.90 Å². The standard InChI is InChI=1S/C22H22ClN3O/c1-14-5-6-18-10-19(21(23)25-20(18)15(14)2)13-26(22(27)17-7-8-17)12-16-4-3-9-24-11-16/h3-6,9-11,17H,7-8,12-13H2,1-2H3. The maximum atomic E-state index is 12.8. The van der Waals surface area contributed by atoms with E-state index in [0.717, 1.165) is 40.4 Å². The van der Waals surface area contributed by atoms with E-state index in [1.165, 1.54) is 5.56 Å². The van der Waals surface area contributed by atoms with Gasteiger partial charge in [-0.15, -0.1) is 0 Å². The molecule has 0 aliphatic heterocycles. The summed E-state index contributed by atoms with van der Waals surface area (Å²) in [6, 6.07) is 10.1. The van der Waals surface area contributed by atoms with Gasteiger partial charge in [-0.1, -0.05) is 29.8 Å². The number of benzene rings is 1. The van der Waals surface area contributed by atoms with E-state index in [1.807, 2.05) is 17.0 Å². The number of hydrogen-bond acceptors (Lipinski definition) is 3. The Balaban J connectivity index is 1.66. The number of aromatic nitrogens is 2. The molecule has 0 N–H and O–H groups in total. The molecule has 1 aliphatic rings. The lowest BCUT2D eigenvalue weighted by atomic mass is 10.0. The Morgan fingerprint density at radius 1 is 1.22 bits per heavy atom. The molecule has 138 valence electrons. The minimum atomic E-state index is 0.152. The SMILES string of the molecule is Cc1ccc2cc(CN(Cc3cccnc3)C(=O)C3CC3)c(Cl)nc2c1C. The van der Waals surface area contributed by atoms with Gasteiger partial charge >= 0.3 is 0 Å². The van der Waals surface area contributed by atoms with Crippen LogP contribution in [0.15, 0.2) is 42.7 Å². The van der Waals surface area contributed by atoms with Crippen molar-refractivity contribution in [3.63, 3.8) is 0 Å². The van der Waals surface area contributed by atoms with Crippen LogP contribution in [0.5, 0.6) is 0 Å². The first-order valence-electron chi connectivity index (χ1n) is 9.26. The Labute approximate surface area is 164 Å². The second-order valence-electron chi connectivity index (χ2n) is 7.35. The van der Waals surface area contributed by atoms with Crippen LogP contribution < -0.4 is 0 Å². The van der Waals surface area contributed by atoms with Crippen molar-refractivity contribution in [1.82, 2.24) is 14.9 Å². The largest absolute Gasteiger partial charge is 0.334 e. The van der Waals surface area contributed by atoms with Gasteiger partial charge in [0, 0.05) is 42.4 Å². The van der Waals surface area contributed by atoms with Crippen LogP contribution in [0.4, 0.5) is 0 Å². The van der Waals surface area contributed by atoms with E-state index in [1.54, 1.807) is 12.4 Å². The third kappa shape index (κ3) is 3.81. The Hall–Kier alpha value is -2.46. The van der Waals surface area contributed by atoms with Gasteiger partial charge in [0.2, 0.25) is 5.91 Å². The Bertz CT molecular complexity index is 999. The summed E-state index contributed by atoms with van der Waals surface area (Å²) < 4.78 is 0. The highest BCUT2D eigenvalue weighted by molar-refractivity contribution is 6.30. The highest BCUT2D eigenvalue weighted by Crippen LogP contribution is 2.33. The fourth-order valence-corrected chi connectivity index (χ4v) is 3.53. The zero-order valence-electron chi connectivity index (χ0n) is 15.6. The van der Waals surface area contributed by atoms with Crippen LogP contribution in [-0.2, 0) is 17.9 Å². The van der Waals surface area contributed by atoms with Crippen LogP contribution in [0.1, 0.15) is 35.1 Å². The number of fused-ring (bicyclic) bond motifs is 1. The van der Waals surface area contributed by atoms with E-state index in [2.05, 4.69) is 42.0 Å². The van der Waals surface area contributed by atoms with E-state index in [0.29, 0.717) is 18.2 Å². The number of aryl methyl sites for hydroxylation is 2. The first kappa shape index (κ1) is 17.9. The van der Waals surface area contributed by atoms with Crippen LogP contribution in [-0.4, -0.2) is 20.8 Å². The van der Waals surface area contributed by atoms with Crippen molar-refractivity contribution < 1.29 is 4.79 Å². The van der Waals surface area contributed by atoms with Gasteiger partial charge in [0.05, 0.1) is 5.52 Å². The summed E-state index contributed by atoms with van der Waals surface area (Å²) in [6.07, 6.45) is 5.50. The summed E-state index contributed by atoms with van der Waals surface area (Å²) in [5.74, 6) is 0.342. The number of amides is 1. The van der Waals surface area contributed by atoms with Gasteiger partial charge in [0.25, 0.3) is 0 Å². The molecule has 0 atom stereocenters. The van der Waals surface area contributed by atoms with E-state index < -0.39 is 0 Å². The van der Waals surface area contributed by atoms with Gasteiger partial charge in [-0.25, -0.2) is 4.98 Å². The van der Waals surface area contributed by atoms with Crippen molar-refractivity contribution in [3.8, 4) is 0 Å². The molecule has 1 amide bonds. The Morgan fingerprint density at radius 3 is 2.74 bits per heavy atom. The number of rotatable bonds is 5. The van der Waals surface area contributed by atoms with Gasteiger partial charge in [0.1, 0.15) is 5.15 Å².